The first-order chi connectivity index (χ1) is 15.4. The fourth-order valence-electron chi connectivity index (χ4n) is 3.26. The normalized spacial score (nSPS) is 11.2. The number of aryl methyl sites for hydroxylation is 3. The summed E-state index contributed by atoms with van der Waals surface area (Å²) in [6, 6.07) is 8.91. The van der Waals surface area contributed by atoms with Crippen LogP contribution in [0.3, 0.4) is 0 Å². The van der Waals surface area contributed by atoms with E-state index in [1.54, 1.807) is 37.7 Å². The lowest BCUT2D eigenvalue weighted by Crippen LogP contribution is -2.04. The molecular formula is C23H28Cl2N2O4S2. The summed E-state index contributed by atoms with van der Waals surface area (Å²) in [4.78, 5) is 3.17. The quantitative estimate of drug-likeness (QED) is 0.186. The van der Waals surface area contributed by atoms with Gasteiger partial charge in [-0.3, -0.25) is 4.55 Å². The van der Waals surface area contributed by atoms with Gasteiger partial charge in [0.05, 0.1) is 28.8 Å². The highest BCUT2D eigenvalue weighted by atomic mass is 35.5. The number of nitrogen functional groups attached to an aromatic ring is 1. The van der Waals surface area contributed by atoms with Gasteiger partial charge in [-0.05, 0) is 51.0 Å². The molecule has 0 unspecified atom stereocenters. The van der Waals surface area contributed by atoms with Gasteiger partial charge in [-0.1, -0.05) is 47.0 Å². The third-order valence-corrected chi connectivity index (χ3v) is 7.73. The average molecular weight is 532 g/mol. The third kappa shape index (κ3) is 7.95. The van der Waals surface area contributed by atoms with Crippen LogP contribution in [-0.2, 0) is 21.5 Å². The third-order valence-electron chi connectivity index (χ3n) is 4.78. The van der Waals surface area contributed by atoms with Gasteiger partial charge in [0.25, 0.3) is 10.1 Å². The van der Waals surface area contributed by atoms with E-state index in [-0.39, 0.29) is 4.90 Å². The molecule has 4 N–H and O–H groups in total. The first-order valence-electron chi connectivity index (χ1n) is 10.0. The highest BCUT2D eigenvalue weighted by Crippen LogP contribution is 2.27. The number of H-pyrrole nitrogens is 1. The molecule has 0 fully saturated rings. The van der Waals surface area contributed by atoms with Crippen molar-refractivity contribution in [3.05, 3.63) is 74.4 Å². The van der Waals surface area contributed by atoms with Crippen LogP contribution >= 0.6 is 35.0 Å². The number of rotatable bonds is 7. The van der Waals surface area contributed by atoms with Gasteiger partial charge in [-0.25, -0.2) is 0 Å². The zero-order valence-electron chi connectivity index (χ0n) is 18.9. The van der Waals surface area contributed by atoms with Crippen molar-refractivity contribution in [2.45, 2.75) is 44.2 Å². The number of anilines is 1. The molecule has 0 spiro atoms. The molecule has 0 radical (unpaired) electrons. The van der Waals surface area contributed by atoms with Crippen LogP contribution in [0.4, 0.5) is 5.69 Å². The van der Waals surface area contributed by atoms with Gasteiger partial charge < -0.3 is 15.5 Å². The summed E-state index contributed by atoms with van der Waals surface area (Å²) >= 11 is 13.8. The van der Waals surface area contributed by atoms with Crippen LogP contribution in [0.15, 0.2) is 46.5 Å². The van der Waals surface area contributed by atoms with Crippen molar-refractivity contribution < 1.29 is 17.7 Å². The average Bonchev–Trinajstić information content (AvgIpc) is 3.00. The molecule has 0 aliphatic rings. The number of nitrogens with one attached hydrogen (secondary N) is 1. The molecule has 0 aliphatic heterocycles. The van der Waals surface area contributed by atoms with Gasteiger partial charge in [0, 0.05) is 33.1 Å². The number of thioether (sulfide) groups is 1. The molecule has 3 aromatic rings. The number of nitrogens with two attached hydrogens (primary N) is 1. The van der Waals surface area contributed by atoms with Crippen LogP contribution in [0, 0.1) is 27.7 Å². The minimum atomic E-state index is -4.08. The standard InChI is InChI=1S/C14H16Cl2N2OS.C9H12O3S/c1-9-13(17)7-18-14(9)20-6-5-19-8-10-11(15)3-2-4-12(10)16;1-6-4-7(2)9(8(3)5-6)13(10,11)12/h2-4,7,18H,5-6,8,17H2,1H3;4-5H,1-3H3,(H,10,11,12). The molecule has 6 nitrogen and oxygen atoms in total. The highest BCUT2D eigenvalue weighted by molar-refractivity contribution is 7.99. The number of hydrogen-bond acceptors (Lipinski definition) is 5. The number of hydrogen-bond donors (Lipinski definition) is 3. The SMILES string of the molecule is Cc1c(N)c[nH]c1SCCOCc1c(Cl)cccc1Cl.Cc1cc(C)c(S(=O)(=O)O)c(C)c1. The predicted octanol–water partition coefficient (Wildman–Crippen LogP) is 6.38. The Kier molecular flexibility index (Phi) is 10.1. The Balaban J connectivity index is 0.000000257. The first-order valence-corrected chi connectivity index (χ1v) is 13.2. The summed E-state index contributed by atoms with van der Waals surface area (Å²) in [5.41, 5.74) is 10.6. The van der Waals surface area contributed by atoms with Gasteiger partial charge in [-0.15, -0.1) is 11.8 Å². The van der Waals surface area contributed by atoms with Crippen molar-refractivity contribution in [2.24, 2.45) is 0 Å². The van der Waals surface area contributed by atoms with Crippen LogP contribution < -0.4 is 5.73 Å². The van der Waals surface area contributed by atoms with Crippen LogP contribution in [-0.4, -0.2) is 30.3 Å². The van der Waals surface area contributed by atoms with Crippen molar-refractivity contribution in [3.8, 4) is 0 Å². The summed E-state index contributed by atoms with van der Waals surface area (Å²) in [7, 11) is -4.08. The van der Waals surface area contributed by atoms with E-state index in [0.29, 0.717) is 34.4 Å². The summed E-state index contributed by atoms with van der Waals surface area (Å²) in [6.07, 6.45) is 1.81. The van der Waals surface area contributed by atoms with Crippen LogP contribution in [0.25, 0.3) is 0 Å². The predicted molar refractivity (Wildman–Crippen MR) is 137 cm³/mol. The molecule has 180 valence electrons. The molecule has 0 bridgehead atoms. The Labute approximate surface area is 209 Å². The van der Waals surface area contributed by atoms with E-state index in [0.717, 1.165) is 33.2 Å². The van der Waals surface area contributed by atoms with Crippen molar-refractivity contribution in [1.29, 1.82) is 0 Å². The number of benzene rings is 2. The van der Waals surface area contributed by atoms with Crippen molar-refractivity contribution in [1.82, 2.24) is 4.98 Å². The van der Waals surface area contributed by atoms with Gasteiger partial charge in [0.2, 0.25) is 0 Å². The second-order valence-electron chi connectivity index (χ2n) is 7.50. The molecule has 3 rings (SSSR count). The van der Waals surface area contributed by atoms with E-state index in [1.807, 2.05) is 38.2 Å². The van der Waals surface area contributed by atoms with Crippen LogP contribution in [0.2, 0.25) is 10.0 Å². The molecule has 0 aliphatic carbocycles. The Morgan fingerprint density at radius 1 is 1.09 bits per heavy atom. The lowest BCUT2D eigenvalue weighted by Gasteiger charge is -2.08. The molecule has 0 saturated carbocycles. The fourth-order valence-corrected chi connectivity index (χ4v) is 5.58. The Hall–Kier alpha value is -1.68. The van der Waals surface area contributed by atoms with Crippen LogP contribution in [0.5, 0.6) is 0 Å². The summed E-state index contributed by atoms with van der Waals surface area (Å²) in [5.74, 6) is 0.836. The zero-order valence-corrected chi connectivity index (χ0v) is 22.1. The zero-order chi connectivity index (χ0) is 24.8. The molecule has 1 heterocycles. The number of aromatic nitrogens is 1. The Morgan fingerprint density at radius 2 is 1.67 bits per heavy atom. The van der Waals surface area contributed by atoms with E-state index in [2.05, 4.69) is 4.98 Å². The summed E-state index contributed by atoms with van der Waals surface area (Å²) < 4.78 is 36.4. The van der Waals surface area contributed by atoms with Gasteiger partial charge in [-0.2, -0.15) is 8.42 Å². The maximum absolute atomic E-state index is 10.9. The maximum atomic E-state index is 10.9. The largest absolute Gasteiger partial charge is 0.397 e. The van der Waals surface area contributed by atoms with Gasteiger partial charge >= 0.3 is 0 Å². The second-order valence-corrected chi connectivity index (χ2v) is 10.8. The molecular weight excluding hydrogens is 503 g/mol. The first kappa shape index (κ1) is 27.6. The molecule has 2 aromatic carbocycles. The number of halogens is 2. The monoisotopic (exact) mass is 530 g/mol. The minimum absolute atomic E-state index is 0.0260. The van der Waals surface area contributed by atoms with E-state index in [1.165, 1.54) is 0 Å². The van der Waals surface area contributed by atoms with E-state index in [4.69, 9.17) is 38.2 Å². The molecule has 10 heteroatoms. The minimum Gasteiger partial charge on any atom is -0.397 e. The van der Waals surface area contributed by atoms with Gasteiger partial charge in [0.1, 0.15) is 0 Å². The van der Waals surface area contributed by atoms with E-state index in [9.17, 15) is 8.42 Å². The second kappa shape index (κ2) is 12.1. The molecule has 33 heavy (non-hydrogen) atoms. The molecule has 0 amide bonds. The number of aromatic amines is 1. The fraction of sp³-hybridized carbons (Fsp3) is 0.304. The van der Waals surface area contributed by atoms with Gasteiger partial charge in [0.15, 0.2) is 0 Å². The van der Waals surface area contributed by atoms with Crippen molar-refractivity contribution in [2.75, 3.05) is 18.1 Å². The summed E-state index contributed by atoms with van der Waals surface area (Å²) in [5, 5.41) is 2.36. The van der Waals surface area contributed by atoms with Crippen molar-refractivity contribution >= 4 is 50.8 Å². The molecule has 1 aromatic heterocycles. The lowest BCUT2D eigenvalue weighted by molar-refractivity contribution is 0.136. The molecule has 0 saturated heterocycles. The topological polar surface area (TPSA) is 105 Å². The van der Waals surface area contributed by atoms with Crippen molar-refractivity contribution in [3.63, 3.8) is 0 Å². The Morgan fingerprint density at radius 3 is 2.15 bits per heavy atom. The lowest BCUT2D eigenvalue weighted by atomic mass is 10.1. The molecule has 0 atom stereocenters. The summed E-state index contributed by atoms with van der Waals surface area (Å²) in [6.45, 7) is 8.26. The maximum Gasteiger partial charge on any atom is 0.295 e. The van der Waals surface area contributed by atoms with Crippen LogP contribution in [0.1, 0.15) is 27.8 Å². The number of ether oxygens (including phenoxy) is 1. The highest BCUT2D eigenvalue weighted by Gasteiger charge is 2.16. The van der Waals surface area contributed by atoms with E-state index < -0.39 is 10.1 Å². The smallest absolute Gasteiger partial charge is 0.295 e. The van der Waals surface area contributed by atoms with E-state index >= 15 is 0 Å². The Bertz CT molecular complexity index is 1170.